The summed E-state index contributed by atoms with van der Waals surface area (Å²) in [5, 5.41) is 85.8. The predicted molar refractivity (Wildman–Crippen MR) is 218 cm³/mol. The van der Waals surface area contributed by atoms with E-state index in [4.69, 9.17) is 15.2 Å². The number of nitrogens with zero attached hydrogens (tertiary/aromatic N) is 3. The van der Waals surface area contributed by atoms with Gasteiger partial charge >= 0.3 is 11.9 Å². The topological polar surface area (TPSA) is 268 Å². The SMILES string of the molecule is CCC1=NCN=C1Cc1cc(C=CC(=O)N2c3cc(O[C@@]4(O)O[C@H](CO)[C@@H](O)[C@H](O)[C@H]4O)c(O)cc3[C@@H](C[C@]34c5ccccc5CC[C@H]3CC[C@@H]4N)[C@@H]2C(=O)O)ccc1O. The summed E-state index contributed by atoms with van der Waals surface area (Å²) in [5.74, 6) is -7.13. The van der Waals surface area contributed by atoms with Crippen molar-refractivity contribution in [2.24, 2.45) is 21.6 Å². The Kier molecular flexibility index (Phi) is 11.1. The van der Waals surface area contributed by atoms with Crippen LogP contribution in [0.5, 0.6) is 17.2 Å². The van der Waals surface area contributed by atoms with E-state index in [0.717, 1.165) is 52.8 Å². The summed E-state index contributed by atoms with van der Waals surface area (Å²) >= 11 is 0. The van der Waals surface area contributed by atoms with Crippen molar-refractivity contribution >= 4 is 35.1 Å². The highest BCUT2D eigenvalue weighted by atomic mass is 16.8. The van der Waals surface area contributed by atoms with Crippen LogP contribution in [0.2, 0.25) is 0 Å². The van der Waals surface area contributed by atoms with Gasteiger partial charge in [-0.1, -0.05) is 37.3 Å². The first-order chi connectivity index (χ1) is 28.7. The van der Waals surface area contributed by atoms with Crippen LogP contribution in [-0.4, -0.2) is 120 Å². The van der Waals surface area contributed by atoms with Gasteiger partial charge in [-0.25, -0.2) is 4.79 Å². The Morgan fingerprint density at radius 1 is 1.00 bits per heavy atom. The number of hydrogen-bond donors (Lipinski definition) is 9. The first kappa shape index (κ1) is 41.5. The number of aliphatic hydroxyl groups excluding tert-OH is 4. The summed E-state index contributed by atoms with van der Waals surface area (Å²) < 4.78 is 10.9. The molecule has 3 aliphatic heterocycles. The zero-order valence-corrected chi connectivity index (χ0v) is 33.0. The molecule has 0 aromatic heterocycles. The second-order valence-corrected chi connectivity index (χ2v) is 16.4. The van der Waals surface area contributed by atoms with Crippen molar-refractivity contribution in [2.45, 2.75) is 106 Å². The number of aliphatic carboxylic acids is 1. The number of carbonyl (C=O) groups excluding carboxylic acids is 1. The number of aryl methyl sites for hydroxylation is 1. The molecule has 1 saturated carbocycles. The molecule has 8 rings (SSSR count). The third-order valence-corrected chi connectivity index (χ3v) is 13.2. The minimum absolute atomic E-state index is 0.0173. The van der Waals surface area contributed by atoms with Gasteiger partial charge in [0.05, 0.1) is 23.7 Å². The monoisotopic (exact) mass is 826 g/mol. The second kappa shape index (κ2) is 16.0. The maximum absolute atomic E-state index is 14.6. The number of amides is 1. The van der Waals surface area contributed by atoms with E-state index in [2.05, 4.69) is 16.1 Å². The van der Waals surface area contributed by atoms with Gasteiger partial charge in [0.15, 0.2) is 17.6 Å². The summed E-state index contributed by atoms with van der Waals surface area (Å²) in [6, 6.07) is 13.4. The molecule has 0 spiro atoms. The largest absolute Gasteiger partial charge is 0.508 e. The Bertz CT molecular complexity index is 2280. The molecule has 5 aliphatic rings. The number of carboxylic acid groups (broad SMARTS) is 1. The van der Waals surface area contributed by atoms with E-state index in [-0.39, 0.29) is 29.8 Å². The van der Waals surface area contributed by atoms with Gasteiger partial charge in [0.1, 0.15) is 36.8 Å². The third-order valence-electron chi connectivity index (χ3n) is 13.2. The summed E-state index contributed by atoms with van der Waals surface area (Å²) in [4.78, 5) is 38.1. The van der Waals surface area contributed by atoms with Crippen molar-refractivity contribution in [1.82, 2.24) is 0 Å². The highest BCUT2D eigenvalue weighted by molar-refractivity contribution is 6.43. The first-order valence-electron chi connectivity index (χ1n) is 20.3. The number of rotatable bonds is 11. The van der Waals surface area contributed by atoms with E-state index in [1.165, 1.54) is 24.3 Å². The van der Waals surface area contributed by atoms with Crippen LogP contribution in [0, 0.1) is 5.92 Å². The number of benzene rings is 3. The fraction of sp³-hybridized carbons (Fsp3) is 0.455. The summed E-state index contributed by atoms with van der Waals surface area (Å²) in [6.07, 6.45) is -0.604. The molecule has 0 bridgehead atoms. The zero-order valence-electron chi connectivity index (χ0n) is 33.0. The molecule has 0 unspecified atom stereocenters. The number of aromatic hydroxyl groups is 2. The molecule has 3 aromatic carbocycles. The van der Waals surface area contributed by atoms with E-state index in [0.29, 0.717) is 42.6 Å². The fourth-order valence-electron chi connectivity index (χ4n) is 10.3. The predicted octanol–water partition coefficient (Wildman–Crippen LogP) is 2.01. The number of aliphatic imine (C=N–C) groups is 2. The normalized spacial score (nSPS) is 32.0. The van der Waals surface area contributed by atoms with Gasteiger partial charge in [-0.05, 0) is 91.0 Å². The number of anilines is 1. The van der Waals surface area contributed by atoms with Crippen molar-refractivity contribution in [3.63, 3.8) is 0 Å². The lowest BCUT2D eigenvalue weighted by Gasteiger charge is -2.46. The molecule has 3 heterocycles. The van der Waals surface area contributed by atoms with Gasteiger partial charge in [-0.15, -0.1) is 0 Å². The lowest BCUT2D eigenvalue weighted by Crippen LogP contribution is -2.67. The van der Waals surface area contributed by atoms with Crippen LogP contribution in [0.25, 0.3) is 6.08 Å². The molecular formula is C44H50N4O12. The van der Waals surface area contributed by atoms with Gasteiger partial charge in [0.2, 0.25) is 0 Å². The number of nitrogens with two attached hydrogens (primary N) is 1. The minimum atomic E-state index is -3.12. The van der Waals surface area contributed by atoms with E-state index < -0.39 is 77.7 Å². The van der Waals surface area contributed by atoms with Crippen LogP contribution in [0.3, 0.4) is 0 Å². The Morgan fingerprint density at radius 3 is 2.52 bits per heavy atom. The number of hydrogen-bond acceptors (Lipinski definition) is 14. The van der Waals surface area contributed by atoms with Crippen LogP contribution in [-0.2, 0) is 32.6 Å². The van der Waals surface area contributed by atoms with Crippen LogP contribution in [0.1, 0.15) is 72.8 Å². The Balaban J connectivity index is 1.20. The Morgan fingerprint density at radius 2 is 1.77 bits per heavy atom. The fourth-order valence-corrected chi connectivity index (χ4v) is 10.3. The highest BCUT2D eigenvalue weighted by Gasteiger charge is 2.58. The lowest BCUT2D eigenvalue weighted by atomic mass is 9.59. The third kappa shape index (κ3) is 6.95. The number of aliphatic hydroxyl groups is 5. The number of carbonyl (C=O) groups is 2. The van der Waals surface area contributed by atoms with E-state index in [1.807, 2.05) is 25.1 Å². The van der Waals surface area contributed by atoms with E-state index in [1.54, 1.807) is 12.1 Å². The smallest absolute Gasteiger partial charge is 0.355 e. The first-order valence-corrected chi connectivity index (χ1v) is 20.3. The van der Waals surface area contributed by atoms with Crippen molar-refractivity contribution in [3.8, 4) is 17.2 Å². The molecule has 2 fully saturated rings. The molecule has 10 N–H and O–H groups in total. The lowest BCUT2D eigenvalue weighted by molar-refractivity contribution is -0.422. The van der Waals surface area contributed by atoms with Crippen LogP contribution >= 0.6 is 0 Å². The van der Waals surface area contributed by atoms with Crippen molar-refractivity contribution < 1.29 is 59.9 Å². The average Bonchev–Trinajstić information content (AvgIpc) is 3.92. The minimum Gasteiger partial charge on any atom is -0.508 e. The number of phenolic OH excluding ortho intramolecular Hbond substituents is 2. The molecule has 16 nitrogen and oxygen atoms in total. The molecule has 1 amide bonds. The standard InChI is InChI=1S/C44H50N4O12/c1-2-29-30(47-21-46-29)16-24-15-22(7-12-32(24)50)8-14-37(52)48-31-18-34(59-44(58)41(55)40(54)39(53)35(20-49)60-44)33(51)17-26(31)27(38(48)42(56)57)19-43-25(11-13-36(43)45)10-9-23-5-3-4-6-28(23)43/h3-8,12,14-15,17-18,25,27,35-36,38-41,49-51,53-55,58H,2,9-11,13,16,19-21,45H2,1H3,(H,56,57)/t25-,27+,35+,36-,38+,39+,40-,41+,43+,44+/m0/s1. The maximum atomic E-state index is 14.6. The highest BCUT2D eigenvalue weighted by Crippen LogP contribution is 2.59. The maximum Gasteiger partial charge on any atom is 0.355 e. The van der Waals surface area contributed by atoms with Crippen molar-refractivity contribution in [3.05, 3.63) is 88.5 Å². The number of fused-ring (bicyclic) bond motifs is 4. The molecule has 10 atom stereocenters. The molecule has 1 saturated heterocycles. The molecular weight excluding hydrogens is 776 g/mol. The van der Waals surface area contributed by atoms with Gasteiger partial charge < -0.3 is 56.1 Å². The van der Waals surface area contributed by atoms with Crippen LogP contribution in [0.15, 0.2) is 70.7 Å². The Hall–Kier alpha value is -5.20. The molecule has 3 aromatic rings. The number of carboxylic acids is 1. The Labute approximate surface area is 345 Å². The average molecular weight is 827 g/mol. The van der Waals surface area contributed by atoms with E-state index >= 15 is 0 Å². The van der Waals surface area contributed by atoms with E-state index in [9.17, 15) is 50.4 Å². The van der Waals surface area contributed by atoms with Gasteiger partial charge in [-0.2, -0.15) is 0 Å². The molecule has 2 aliphatic carbocycles. The van der Waals surface area contributed by atoms with Gasteiger partial charge in [-0.3, -0.25) is 19.7 Å². The zero-order chi connectivity index (χ0) is 42.7. The van der Waals surface area contributed by atoms with Gasteiger partial charge in [0.25, 0.3) is 5.91 Å². The number of ether oxygens (including phenoxy) is 2. The molecule has 318 valence electrons. The summed E-state index contributed by atoms with van der Waals surface area (Å²) in [5.41, 5.74) is 11.5. The molecule has 0 radical (unpaired) electrons. The summed E-state index contributed by atoms with van der Waals surface area (Å²) in [7, 11) is 0. The van der Waals surface area contributed by atoms with Crippen LogP contribution < -0.4 is 15.4 Å². The summed E-state index contributed by atoms with van der Waals surface area (Å²) in [6.45, 7) is 1.41. The van der Waals surface area contributed by atoms with Crippen molar-refractivity contribution in [2.75, 3.05) is 18.2 Å². The number of phenols is 2. The van der Waals surface area contributed by atoms with Gasteiger partial charge in [0, 0.05) is 41.5 Å². The quantitative estimate of drug-likeness (QED) is 0.0991. The second-order valence-electron chi connectivity index (χ2n) is 16.4. The van der Waals surface area contributed by atoms with Crippen LogP contribution in [0.4, 0.5) is 5.69 Å². The van der Waals surface area contributed by atoms with Crippen molar-refractivity contribution in [1.29, 1.82) is 0 Å². The molecule has 60 heavy (non-hydrogen) atoms. The molecule has 16 heteroatoms.